The first-order valence-corrected chi connectivity index (χ1v) is 7.73. The molecule has 0 spiro atoms. The molecule has 2 rings (SSSR count). The van der Waals surface area contributed by atoms with Gasteiger partial charge in [-0.3, -0.25) is 9.59 Å². The van der Waals surface area contributed by atoms with Gasteiger partial charge in [0.05, 0.1) is 6.61 Å². The summed E-state index contributed by atoms with van der Waals surface area (Å²) in [5, 5.41) is 0.691. The quantitative estimate of drug-likeness (QED) is 0.756. The van der Waals surface area contributed by atoms with Gasteiger partial charge >= 0.3 is 9.28 Å². The number of carbonyl (C=O) groups is 2. The Morgan fingerprint density at radius 2 is 1.90 bits per heavy atom. The Labute approximate surface area is 118 Å². The van der Waals surface area contributed by atoms with Crippen molar-refractivity contribution in [1.29, 1.82) is 0 Å². The van der Waals surface area contributed by atoms with Gasteiger partial charge in [0, 0.05) is 24.6 Å². The van der Waals surface area contributed by atoms with Crippen LogP contribution in [0.4, 0.5) is 0 Å². The molecule has 0 fully saturated rings. The van der Waals surface area contributed by atoms with Gasteiger partial charge in [-0.2, -0.15) is 0 Å². The number of hydrogen-bond acceptors (Lipinski definition) is 6. The molecule has 1 unspecified atom stereocenters. The van der Waals surface area contributed by atoms with Crippen molar-refractivity contribution < 1.29 is 27.9 Å². The Balaban J connectivity index is 2.25. The molecule has 0 amide bonds. The highest BCUT2D eigenvalue weighted by atomic mass is 28.3. The maximum atomic E-state index is 11.1. The molecule has 1 aliphatic rings. The minimum atomic E-state index is -2.58. The zero-order valence-corrected chi connectivity index (χ0v) is 12.7. The van der Waals surface area contributed by atoms with E-state index in [1.807, 2.05) is 6.92 Å². The molecule has 0 aromatic heterocycles. The van der Waals surface area contributed by atoms with Crippen molar-refractivity contribution in [2.75, 3.05) is 0 Å². The molecule has 1 atom stereocenters. The van der Waals surface area contributed by atoms with Gasteiger partial charge in [0.1, 0.15) is 5.75 Å². The van der Waals surface area contributed by atoms with Gasteiger partial charge in [-0.1, -0.05) is 6.07 Å². The zero-order chi connectivity index (χ0) is 14.7. The average Bonchev–Trinajstić information content (AvgIpc) is 2.36. The molecule has 1 aromatic carbocycles. The smallest absolute Gasteiger partial charge is 0.483 e. The van der Waals surface area contributed by atoms with E-state index in [0.717, 1.165) is 11.3 Å². The fourth-order valence-electron chi connectivity index (χ4n) is 1.86. The van der Waals surface area contributed by atoms with Crippen LogP contribution >= 0.6 is 0 Å². The predicted octanol–water partition coefficient (Wildman–Crippen LogP) is 0.495. The lowest BCUT2D eigenvalue weighted by atomic mass is 10.2. The largest absolute Gasteiger partial charge is 0.484 e. The Bertz CT molecular complexity index is 514. The van der Waals surface area contributed by atoms with Crippen LogP contribution in [0.5, 0.6) is 5.75 Å². The monoisotopic (exact) mass is 296 g/mol. The van der Waals surface area contributed by atoms with Crippen LogP contribution in [0, 0.1) is 0 Å². The highest BCUT2D eigenvalue weighted by Gasteiger charge is 2.26. The molecule has 1 aliphatic heterocycles. The van der Waals surface area contributed by atoms with Crippen LogP contribution in [0.15, 0.2) is 18.2 Å². The van der Waals surface area contributed by atoms with Crippen molar-refractivity contribution in [3.8, 4) is 5.75 Å². The molecule has 1 heterocycles. The second-order valence-corrected chi connectivity index (χ2v) is 6.22. The van der Waals surface area contributed by atoms with E-state index < -0.39 is 21.2 Å². The van der Waals surface area contributed by atoms with Crippen LogP contribution in [0.2, 0.25) is 0 Å². The van der Waals surface area contributed by atoms with E-state index in [1.165, 1.54) is 13.8 Å². The molecular formula is C13H16O6Si. The highest BCUT2D eigenvalue weighted by Crippen LogP contribution is 2.24. The number of fused-ring (bicyclic) bond motifs is 1. The molecule has 7 heteroatoms. The first kappa shape index (κ1) is 14.5. The summed E-state index contributed by atoms with van der Waals surface area (Å²) in [7, 11) is -2.58. The summed E-state index contributed by atoms with van der Waals surface area (Å²) in [5.41, 5.74) is 0.845. The second kappa shape index (κ2) is 6.06. The summed E-state index contributed by atoms with van der Waals surface area (Å²) < 4.78 is 21.2. The second-order valence-electron chi connectivity index (χ2n) is 4.41. The zero-order valence-electron chi connectivity index (χ0n) is 11.5. The number of carbonyl (C=O) groups excluding carboxylic acids is 2. The molecule has 0 bridgehead atoms. The lowest BCUT2D eigenvalue weighted by Crippen LogP contribution is -2.40. The Morgan fingerprint density at radius 1 is 1.25 bits per heavy atom. The molecule has 20 heavy (non-hydrogen) atoms. The third-order valence-corrected chi connectivity index (χ3v) is 4.66. The molecule has 0 N–H and O–H groups in total. The van der Waals surface area contributed by atoms with Crippen molar-refractivity contribution in [2.45, 2.75) is 33.7 Å². The standard InChI is InChI=1S/C13H16O6Si/c1-8(14)18-20(19-9(2)15)12-4-5-13-11(6-12)7-16-10(3)17-13/h4-6,10,20H,7H2,1-3H3. The first-order chi connectivity index (χ1) is 9.45. The summed E-state index contributed by atoms with van der Waals surface area (Å²) in [4.78, 5) is 22.2. The molecule has 0 aliphatic carbocycles. The average molecular weight is 296 g/mol. The summed E-state index contributed by atoms with van der Waals surface area (Å²) in [6.45, 7) is 4.79. The van der Waals surface area contributed by atoms with Crippen molar-refractivity contribution in [3.63, 3.8) is 0 Å². The third kappa shape index (κ3) is 3.58. The molecular weight excluding hydrogens is 280 g/mol. The molecule has 1 aromatic rings. The SMILES string of the molecule is CC(=O)O[SiH](OC(C)=O)c1ccc2c(c1)COC(C)O2. The van der Waals surface area contributed by atoms with Crippen LogP contribution in [0.1, 0.15) is 26.3 Å². The van der Waals surface area contributed by atoms with Gasteiger partial charge in [-0.05, 0) is 19.1 Å². The van der Waals surface area contributed by atoms with Crippen LogP contribution in [0.25, 0.3) is 0 Å². The van der Waals surface area contributed by atoms with E-state index in [0.29, 0.717) is 11.8 Å². The van der Waals surface area contributed by atoms with Crippen molar-refractivity contribution in [1.82, 2.24) is 0 Å². The lowest BCUT2D eigenvalue weighted by molar-refractivity contribution is -0.137. The van der Waals surface area contributed by atoms with Gasteiger partial charge in [-0.15, -0.1) is 0 Å². The topological polar surface area (TPSA) is 71.1 Å². The Morgan fingerprint density at radius 3 is 2.50 bits per heavy atom. The van der Waals surface area contributed by atoms with E-state index in [4.69, 9.17) is 18.3 Å². The molecule has 108 valence electrons. The lowest BCUT2D eigenvalue weighted by Gasteiger charge is -2.24. The van der Waals surface area contributed by atoms with Crippen LogP contribution in [0.3, 0.4) is 0 Å². The van der Waals surface area contributed by atoms with E-state index in [-0.39, 0.29) is 6.29 Å². The Kier molecular flexibility index (Phi) is 4.41. The van der Waals surface area contributed by atoms with Gasteiger partial charge in [0.25, 0.3) is 11.9 Å². The first-order valence-electron chi connectivity index (χ1n) is 6.21. The van der Waals surface area contributed by atoms with Crippen molar-refractivity contribution >= 4 is 26.4 Å². The maximum Gasteiger partial charge on any atom is 0.483 e. The molecule has 0 saturated carbocycles. The predicted molar refractivity (Wildman–Crippen MR) is 71.6 cm³/mol. The third-order valence-electron chi connectivity index (χ3n) is 2.67. The van der Waals surface area contributed by atoms with E-state index in [1.54, 1.807) is 18.2 Å². The number of ether oxygens (including phenoxy) is 2. The number of benzene rings is 1. The van der Waals surface area contributed by atoms with E-state index >= 15 is 0 Å². The van der Waals surface area contributed by atoms with Crippen molar-refractivity contribution in [2.24, 2.45) is 0 Å². The van der Waals surface area contributed by atoms with Gasteiger partial charge in [-0.25, -0.2) is 0 Å². The van der Waals surface area contributed by atoms with Crippen LogP contribution < -0.4 is 9.92 Å². The fourth-order valence-corrected chi connectivity index (χ4v) is 3.37. The normalized spacial score (nSPS) is 17.1. The van der Waals surface area contributed by atoms with Crippen LogP contribution in [-0.4, -0.2) is 27.5 Å². The highest BCUT2D eigenvalue weighted by molar-refractivity contribution is 6.64. The minimum Gasteiger partial charge on any atom is -0.484 e. The fraction of sp³-hybridized carbons (Fsp3) is 0.385. The summed E-state index contributed by atoms with van der Waals surface area (Å²) in [6, 6.07) is 5.32. The maximum absolute atomic E-state index is 11.1. The number of rotatable bonds is 3. The van der Waals surface area contributed by atoms with Crippen LogP contribution in [-0.2, 0) is 29.8 Å². The van der Waals surface area contributed by atoms with Gasteiger partial charge in [0.2, 0.25) is 0 Å². The molecule has 0 saturated heterocycles. The van der Waals surface area contributed by atoms with E-state index in [9.17, 15) is 9.59 Å². The summed E-state index contributed by atoms with van der Waals surface area (Å²) in [6.07, 6.45) is -0.289. The Hall–Kier alpha value is -1.86. The van der Waals surface area contributed by atoms with Gasteiger partial charge in [0.15, 0.2) is 6.29 Å². The van der Waals surface area contributed by atoms with Crippen molar-refractivity contribution in [3.05, 3.63) is 23.8 Å². The van der Waals surface area contributed by atoms with E-state index in [2.05, 4.69) is 0 Å². The summed E-state index contributed by atoms with van der Waals surface area (Å²) in [5.74, 6) is -0.214. The number of hydrogen-bond donors (Lipinski definition) is 0. The van der Waals surface area contributed by atoms with Gasteiger partial charge < -0.3 is 18.3 Å². The molecule has 6 nitrogen and oxygen atoms in total. The molecule has 0 radical (unpaired) electrons. The minimum absolute atomic E-state index is 0.289. The summed E-state index contributed by atoms with van der Waals surface area (Å²) >= 11 is 0.